The van der Waals surface area contributed by atoms with Crippen LogP contribution in [0.2, 0.25) is 0 Å². The summed E-state index contributed by atoms with van der Waals surface area (Å²) in [6.45, 7) is 0. The van der Waals surface area contributed by atoms with Gasteiger partial charge in [-0.2, -0.15) is 11.8 Å². The highest BCUT2D eigenvalue weighted by Crippen LogP contribution is 2.23. The number of thioether (sulfide) groups is 1. The van der Waals surface area contributed by atoms with E-state index in [4.69, 9.17) is 5.11 Å². The van der Waals surface area contributed by atoms with Crippen molar-refractivity contribution in [1.29, 1.82) is 0 Å². The average Bonchev–Trinajstić information content (AvgIpc) is 2.38. The van der Waals surface area contributed by atoms with Crippen molar-refractivity contribution >= 4 is 24.1 Å². The van der Waals surface area contributed by atoms with Crippen molar-refractivity contribution in [1.82, 2.24) is 5.32 Å². The molecule has 116 valence electrons. The number of carbonyl (C=O) groups excluding carboxylic acids is 1. The fourth-order valence-electron chi connectivity index (χ4n) is 1.35. The lowest BCUT2D eigenvalue weighted by atomic mass is 10.2. The molecule has 1 unspecified atom stereocenters. The SMILES string of the molecule is O=CNC(CSCc1ccc(OC(F)(F)F)cc1)C(=O)O. The van der Waals surface area contributed by atoms with Gasteiger partial charge >= 0.3 is 12.3 Å². The lowest BCUT2D eigenvalue weighted by Gasteiger charge is -2.11. The number of amides is 1. The van der Waals surface area contributed by atoms with E-state index in [9.17, 15) is 22.8 Å². The molecule has 0 heterocycles. The summed E-state index contributed by atoms with van der Waals surface area (Å²) in [7, 11) is 0. The molecule has 1 atom stereocenters. The van der Waals surface area contributed by atoms with Crippen molar-refractivity contribution in [2.24, 2.45) is 0 Å². The molecule has 0 aliphatic carbocycles. The number of ether oxygens (including phenoxy) is 1. The van der Waals surface area contributed by atoms with Crippen LogP contribution in [0.25, 0.3) is 0 Å². The molecule has 0 bridgehead atoms. The predicted octanol–water partition coefficient (Wildman–Crippen LogP) is 2.02. The number of carboxylic acid groups (broad SMARTS) is 1. The number of hydrogen-bond acceptors (Lipinski definition) is 4. The zero-order valence-electron chi connectivity index (χ0n) is 10.6. The monoisotopic (exact) mass is 323 g/mol. The van der Waals surface area contributed by atoms with E-state index in [-0.39, 0.29) is 11.5 Å². The quantitative estimate of drug-likeness (QED) is 0.716. The predicted molar refractivity (Wildman–Crippen MR) is 69.9 cm³/mol. The van der Waals surface area contributed by atoms with Gasteiger partial charge in [0.25, 0.3) is 0 Å². The first-order chi connectivity index (χ1) is 9.81. The molecule has 1 aromatic carbocycles. The van der Waals surface area contributed by atoms with E-state index in [0.29, 0.717) is 17.7 Å². The molecule has 21 heavy (non-hydrogen) atoms. The Bertz CT molecular complexity index is 478. The van der Waals surface area contributed by atoms with E-state index < -0.39 is 18.4 Å². The zero-order valence-corrected chi connectivity index (χ0v) is 11.4. The summed E-state index contributed by atoms with van der Waals surface area (Å²) >= 11 is 1.24. The van der Waals surface area contributed by atoms with Crippen LogP contribution in [-0.2, 0) is 15.3 Å². The minimum atomic E-state index is -4.73. The molecule has 0 spiro atoms. The second-order valence-corrected chi connectivity index (χ2v) is 4.91. The lowest BCUT2D eigenvalue weighted by molar-refractivity contribution is -0.274. The highest BCUT2D eigenvalue weighted by molar-refractivity contribution is 7.98. The van der Waals surface area contributed by atoms with Gasteiger partial charge in [0.05, 0.1) is 0 Å². The molecular formula is C12H12F3NO4S. The second-order valence-electron chi connectivity index (χ2n) is 3.88. The van der Waals surface area contributed by atoms with Crippen molar-refractivity contribution in [3.05, 3.63) is 29.8 Å². The summed E-state index contributed by atoms with van der Waals surface area (Å²) in [4.78, 5) is 21.0. The van der Waals surface area contributed by atoms with Crippen LogP contribution in [-0.4, -0.2) is 35.6 Å². The summed E-state index contributed by atoms with van der Waals surface area (Å²) in [5.74, 6) is -0.920. The first kappa shape index (κ1) is 17.2. The highest BCUT2D eigenvalue weighted by Gasteiger charge is 2.30. The van der Waals surface area contributed by atoms with Crippen molar-refractivity contribution in [3.63, 3.8) is 0 Å². The Morgan fingerprint density at radius 2 is 2.00 bits per heavy atom. The normalized spacial score (nSPS) is 12.5. The molecule has 0 fully saturated rings. The van der Waals surface area contributed by atoms with E-state index >= 15 is 0 Å². The summed E-state index contributed by atoms with van der Waals surface area (Å²) in [6, 6.07) is 4.28. The van der Waals surface area contributed by atoms with Gasteiger partial charge in [-0.3, -0.25) is 4.79 Å². The van der Waals surface area contributed by atoms with Gasteiger partial charge in [-0.15, -0.1) is 13.2 Å². The standard InChI is InChI=1S/C12H12F3NO4S/c13-12(14,15)20-9-3-1-8(2-4-9)5-21-6-10(11(18)19)16-7-17/h1-4,7,10H,5-6H2,(H,16,17)(H,18,19). The molecule has 0 saturated heterocycles. The van der Waals surface area contributed by atoms with Crippen molar-refractivity contribution in [2.75, 3.05) is 5.75 Å². The molecule has 1 aromatic rings. The molecule has 5 nitrogen and oxygen atoms in total. The van der Waals surface area contributed by atoms with E-state index in [1.807, 2.05) is 0 Å². The van der Waals surface area contributed by atoms with E-state index in [0.717, 1.165) is 0 Å². The lowest BCUT2D eigenvalue weighted by Crippen LogP contribution is -2.37. The van der Waals surface area contributed by atoms with Crippen LogP contribution < -0.4 is 10.1 Å². The first-order valence-corrected chi connectivity index (χ1v) is 6.82. The summed E-state index contributed by atoms with van der Waals surface area (Å²) in [6.07, 6.45) is -4.42. The van der Waals surface area contributed by atoms with Gasteiger partial charge in [0, 0.05) is 11.5 Å². The number of nitrogens with one attached hydrogen (secondary N) is 1. The number of carboxylic acids is 1. The maximum Gasteiger partial charge on any atom is 0.573 e. The van der Waals surface area contributed by atoms with Gasteiger partial charge in [0.1, 0.15) is 11.8 Å². The minimum Gasteiger partial charge on any atom is -0.480 e. The van der Waals surface area contributed by atoms with Crippen molar-refractivity contribution < 1.29 is 32.6 Å². The van der Waals surface area contributed by atoms with Crippen LogP contribution >= 0.6 is 11.8 Å². The summed E-state index contributed by atoms with van der Waals surface area (Å²) in [5.41, 5.74) is 0.713. The van der Waals surface area contributed by atoms with E-state index in [1.165, 1.54) is 36.0 Å². The van der Waals surface area contributed by atoms with Crippen molar-refractivity contribution in [3.8, 4) is 5.75 Å². The van der Waals surface area contributed by atoms with Gasteiger partial charge in [0.15, 0.2) is 0 Å². The van der Waals surface area contributed by atoms with Crippen LogP contribution in [0.1, 0.15) is 5.56 Å². The average molecular weight is 323 g/mol. The maximum absolute atomic E-state index is 12.0. The Morgan fingerprint density at radius 1 is 1.38 bits per heavy atom. The Kier molecular flexibility index (Phi) is 6.35. The molecule has 0 aromatic heterocycles. The van der Waals surface area contributed by atoms with Gasteiger partial charge < -0.3 is 15.2 Å². The third-order valence-electron chi connectivity index (χ3n) is 2.28. The third-order valence-corrected chi connectivity index (χ3v) is 3.38. The minimum absolute atomic E-state index is 0.148. The van der Waals surface area contributed by atoms with Gasteiger partial charge in [-0.1, -0.05) is 12.1 Å². The molecule has 0 aliphatic heterocycles. The fraction of sp³-hybridized carbons (Fsp3) is 0.333. The molecule has 2 N–H and O–H groups in total. The summed E-state index contributed by atoms with van der Waals surface area (Å²) in [5, 5.41) is 10.9. The maximum atomic E-state index is 12.0. The highest BCUT2D eigenvalue weighted by atomic mass is 32.2. The van der Waals surface area contributed by atoms with Crippen molar-refractivity contribution in [2.45, 2.75) is 18.2 Å². The number of halogens is 3. The molecule has 1 amide bonds. The number of carbonyl (C=O) groups is 2. The number of aliphatic carboxylic acids is 1. The van der Waals surface area contributed by atoms with Crippen LogP contribution in [0.4, 0.5) is 13.2 Å². The molecule has 1 rings (SSSR count). The van der Waals surface area contributed by atoms with Crippen LogP contribution in [0.3, 0.4) is 0 Å². The van der Waals surface area contributed by atoms with E-state index in [1.54, 1.807) is 0 Å². The number of alkyl halides is 3. The molecular weight excluding hydrogens is 311 g/mol. The number of benzene rings is 1. The second kappa shape index (κ2) is 7.77. The zero-order chi connectivity index (χ0) is 15.9. The first-order valence-electron chi connectivity index (χ1n) is 5.67. The molecule has 9 heteroatoms. The van der Waals surface area contributed by atoms with Gasteiger partial charge in [0.2, 0.25) is 6.41 Å². The van der Waals surface area contributed by atoms with Gasteiger partial charge in [-0.25, -0.2) is 4.79 Å². The molecule has 0 saturated carbocycles. The Morgan fingerprint density at radius 3 is 2.48 bits per heavy atom. The smallest absolute Gasteiger partial charge is 0.480 e. The Balaban J connectivity index is 2.45. The number of hydrogen-bond donors (Lipinski definition) is 2. The Hall–Kier alpha value is -1.90. The Labute approximate surface area is 122 Å². The molecule has 0 aliphatic rings. The summed E-state index contributed by atoms with van der Waals surface area (Å²) < 4.78 is 39.6. The third kappa shape index (κ3) is 6.89. The molecule has 0 radical (unpaired) electrons. The topological polar surface area (TPSA) is 75.6 Å². The van der Waals surface area contributed by atoms with Crippen LogP contribution in [0, 0.1) is 0 Å². The van der Waals surface area contributed by atoms with Gasteiger partial charge in [-0.05, 0) is 17.7 Å². The number of rotatable bonds is 8. The van der Waals surface area contributed by atoms with E-state index in [2.05, 4.69) is 10.1 Å². The van der Waals surface area contributed by atoms with Crippen LogP contribution in [0.5, 0.6) is 5.75 Å². The fourth-order valence-corrected chi connectivity index (χ4v) is 2.38. The largest absolute Gasteiger partial charge is 0.573 e. The van der Waals surface area contributed by atoms with Crippen LogP contribution in [0.15, 0.2) is 24.3 Å².